The third-order valence-corrected chi connectivity index (χ3v) is 5.84. The third-order valence-electron chi connectivity index (χ3n) is 4.84. The molecular weight excluding hydrogens is 454 g/mol. The molecule has 8 nitrogen and oxygen atoms in total. The van der Waals surface area contributed by atoms with Crippen LogP contribution in [0, 0.1) is 0 Å². The zero-order valence-corrected chi connectivity index (χ0v) is 19.5. The van der Waals surface area contributed by atoms with Crippen molar-refractivity contribution in [3.8, 4) is 17.2 Å². The first-order chi connectivity index (χ1) is 16.6. The summed E-state index contributed by atoms with van der Waals surface area (Å²) in [5.41, 5.74) is 1.48. The SMILES string of the molecule is CCOc1cc(/C=N/N=C2\S/C(=C\c3ccccc3OC)C(=O)N2Cc2ccco2)ccc1O. The maximum atomic E-state index is 13.2. The number of hydrogen-bond donors (Lipinski definition) is 1. The van der Waals surface area contributed by atoms with E-state index in [4.69, 9.17) is 13.9 Å². The molecule has 0 spiro atoms. The smallest absolute Gasteiger partial charge is 0.267 e. The Labute approximate surface area is 201 Å². The Morgan fingerprint density at radius 1 is 1.15 bits per heavy atom. The summed E-state index contributed by atoms with van der Waals surface area (Å²) < 4.78 is 16.2. The minimum absolute atomic E-state index is 0.0537. The monoisotopic (exact) mass is 477 g/mol. The molecule has 174 valence electrons. The number of hydrogen-bond acceptors (Lipinski definition) is 8. The highest BCUT2D eigenvalue weighted by atomic mass is 32.2. The van der Waals surface area contributed by atoms with Gasteiger partial charge >= 0.3 is 0 Å². The lowest BCUT2D eigenvalue weighted by atomic mass is 10.2. The van der Waals surface area contributed by atoms with Gasteiger partial charge in [-0.25, -0.2) is 0 Å². The van der Waals surface area contributed by atoms with Gasteiger partial charge in [0.15, 0.2) is 16.7 Å². The van der Waals surface area contributed by atoms with Crippen molar-refractivity contribution in [1.29, 1.82) is 0 Å². The van der Waals surface area contributed by atoms with Crippen molar-refractivity contribution < 1.29 is 23.8 Å². The third kappa shape index (κ3) is 5.32. The fourth-order valence-corrected chi connectivity index (χ4v) is 4.16. The number of benzene rings is 2. The predicted molar refractivity (Wildman–Crippen MR) is 132 cm³/mol. The topological polar surface area (TPSA) is 96.9 Å². The highest BCUT2D eigenvalue weighted by Gasteiger charge is 2.34. The van der Waals surface area contributed by atoms with E-state index in [0.717, 1.165) is 5.56 Å². The summed E-state index contributed by atoms with van der Waals surface area (Å²) in [6.07, 6.45) is 4.87. The fraction of sp³-hybridized carbons (Fsp3) is 0.160. The minimum atomic E-state index is -0.204. The van der Waals surface area contributed by atoms with E-state index < -0.39 is 0 Å². The van der Waals surface area contributed by atoms with Crippen LogP contribution in [0.15, 0.2) is 80.4 Å². The number of ether oxygens (including phenoxy) is 2. The molecule has 3 aromatic rings. The summed E-state index contributed by atoms with van der Waals surface area (Å²) in [5.74, 6) is 1.51. The molecule has 1 N–H and O–H groups in total. The van der Waals surface area contributed by atoms with Crippen molar-refractivity contribution >= 4 is 35.1 Å². The van der Waals surface area contributed by atoms with E-state index in [9.17, 15) is 9.90 Å². The van der Waals surface area contributed by atoms with Gasteiger partial charge in [-0.05, 0) is 66.7 Å². The summed E-state index contributed by atoms with van der Waals surface area (Å²) in [6, 6.07) is 15.9. The maximum Gasteiger partial charge on any atom is 0.267 e. The van der Waals surface area contributed by atoms with Gasteiger partial charge in [-0.1, -0.05) is 18.2 Å². The van der Waals surface area contributed by atoms with E-state index in [-0.39, 0.29) is 18.2 Å². The summed E-state index contributed by atoms with van der Waals surface area (Å²) in [5, 5.41) is 18.8. The molecule has 1 amide bonds. The van der Waals surface area contributed by atoms with Crippen LogP contribution in [0.4, 0.5) is 0 Å². The van der Waals surface area contributed by atoms with Gasteiger partial charge in [0.05, 0.1) is 37.6 Å². The van der Waals surface area contributed by atoms with Crippen LogP contribution in [0.3, 0.4) is 0 Å². The molecule has 2 heterocycles. The summed E-state index contributed by atoms with van der Waals surface area (Å²) in [4.78, 5) is 15.2. The zero-order valence-electron chi connectivity index (χ0n) is 18.7. The first-order valence-electron chi connectivity index (χ1n) is 10.5. The van der Waals surface area contributed by atoms with E-state index in [0.29, 0.717) is 39.5 Å². The number of phenolic OH excluding ortho intramolecular Hbond substituents is 1. The van der Waals surface area contributed by atoms with Gasteiger partial charge < -0.3 is 19.0 Å². The summed E-state index contributed by atoms with van der Waals surface area (Å²) >= 11 is 1.22. The van der Waals surface area contributed by atoms with E-state index in [2.05, 4.69) is 10.2 Å². The largest absolute Gasteiger partial charge is 0.504 e. The molecule has 0 radical (unpaired) electrons. The van der Waals surface area contributed by atoms with E-state index in [1.807, 2.05) is 31.2 Å². The van der Waals surface area contributed by atoms with Crippen LogP contribution >= 0.6 is 11.8 Å². The normalized spacial score (nSPS) is 16.2. The molecule has 1 fully saturated rings. The Kier molecular flexibility index (Phi) is 7.34. The molecule has 9 heteroatoms. The first-order valence-corrected chi connectivity index (χ1v) is 11.3. The second kappa shape index (κ2) is 10.8. The van der Waals surface area contributed by atoms with Gasteiger partial charge in [0, 0.05) is 5.56 Å². The molecular formula is C25H23N3O5S. The summed E-state index contributed by atoms with van der Waals surface area (Å²) in [7, 11) is 1.59. The van der Waals surface area contributed by atoms with Crippen LogP contribution < -0.4 is 9.47 Å². The van der Waals surface area contributed by atoms with Crippen LogP contribution in [-0.2, 0) is 11.3 Å². The van der Waals surface area contributed by atoms with E-state index in [1.165, 1.54) is 28.9 Å². The zero-order chi connectivity index (χ0) is 23.9. The van der Waals surface area contributed by atoms with Gasteiger partial charge in [-0.15, -0.1) is 5.10 Å². The van der Waals surface area contributed by atoms with Crippen molar-refractivity contribution in [2.75, 3.05) is 13.7 Å². The Balaban J connectivity index is 1.62. The summed E-state index contributed by atoms with van der Waals surface area (Å²) in [6.45, 7) is 2.49. The molecule has 1 aliphatic heterocycles. The van der Waals surface area contributed by atoms with Gasteiger partial charge in [-0.3, -0.25) is 9.69 Å². The number of carbonyl (C=O) groups is 1. The number of phenols is 1. The highest BCUT2D eigenvalue weighted by molar-refractivity contribution is 8.18. The van der Waals surface area contributed by atoms with E-state index >= 15 is 0 Å². The number of thioether (sulfide) groups is 1. The van der Waals surface area contributed by atoms with Crippen LogP contribution in [0.5, 0.6) is 17.2 Å². The van der Waals surface area contributed by atoms with Crippen LogP contribution in [0.1, 0.15) is 23.8 Å². The number of rotatable bonds is 8. The molecule has 4 rings (SSSR count). The van der Waals surface area contributed by atoms with Crippen molar-refractivity contribution in [2.24, 2.45) is 10.2 Å². The van der Waals surface area contributed by atoms with Gasteiger partial charge in [0.25, 0.3) is 5.91 Å². The number of amides is 1. The second-order valence-electron chi connectivity index (χ2n) is 7.11. The average Bonchev–Trinajstić information content (AvgIpc) is 3.46. The number of methoxy groups -OCH3 is 1. The van der Waals surface area contributed by atoms with Crippen molar-refractivity contribution in [3.05, 3.63) is 82.7 Å². The van der Waals surface area contributed by atoms with Gasteiger partial charge in [0.1, 0.15) is 11.5 Å². The van der Waals surface area contributed by atoms with Crippen molar-refractivity contribution in [1.82, 2.24) is 4.90 Å². The number of amidine groups is 1. The lowest BCUT2D eigenvalue weighted by molar-refractivity contribution is -0.122. The molecule has 0 atom stereocenters. The molecule has 1 aromatic heterocycles. The minimum Gasteiger partial charge on any atom is -0.504 e. The Morgan fingerprint density at radius 2 is 2.00 bits per heavy atom. The maximum absolute atomic E-state index is 13.2. The van der Waals surface area contributed by atoms with Gasteiger partial charge in [0.2, 0.25) is 0 Å². The van der Waals surface area contributed by atoms with Crippen LogP contribution in [0.2, 0.25) is 0 Å². The first kappa shape index (κ1) is 23.2. The molecule has 0 aliphatic carbocycles. The number of nitrogens with zero attached hydrogens (tertiary/aromatic N) is 3. The molecule has 0 unspecified atom stereocenters. The lowest BCUT2D eigenvalue weighted by Gasteiger charge is -2.12. The second-order valence-corrected chi connectivity index (χ2v) is 8.12. The average molecular weight is 478 g/mol. The van der Waals surface area contributed by atoms with Crippen molar-refractivity contribution in [3.63, 3.8) is 0 Å². The molecule has 1 aliphatic rings. The Hall–Kier alpha value is -3.98. The number of furan rings is 1. The predicted octanol–water partition coefficient (Wildman–Crippen LogP) is 4.90. The lowest BCUT2D eigenvalue weighted by Crippen LogP contribution is -2.28. The Bertz CT molecular complexity index is 1250. The van der Waals surface area contributed by atoms with Crippen LogP contribution in [-0.4, -0.2) is 41.0 Å². The van der Waals surface area contributed by atoms with E-state index in [1.54, 1.807) is 43.7 Å². The van der Waals surface area contributed by atoms with Crippen LogP contribution in [0.25, 0.3) is 6.08 Å². The molecule has 34 heavy (non-hydrogen) atoms. The van der Waals surface area contributed by atoms with Crippen molar-refractivity contribution in [2.45, 2.75) is 13.5 Å². The standard InChI is InChI=1S/C25H23N3O5S/c1-3-32-22-13-17(10-11-20(22)29)15-26-27-25-28(16-19-8-6-12-33-19)24(30)23(34-25)14-18-7-4-5-9-21(18)31-2/h4-15,29H,3,16H2,1-2H3/b23-14-,26-15+,27-25-. The molecule has 0 saturated carbocycles. The highest BCUT2D eigenvalue weighted by Crippen LogP contribution is 2.35. The number of carbonyl (C=O) groups excluding carboxylic acids is 1. The molecule has 1 saturated heterocycles. The molecule has 2 aromatic carbocycles. The number of para-hydroxylation sites is 1. The number of aromatic hydroxyl groups is 1. The molecule has 0 bridgehead atoms. The fourth-order valence-electron chi connectivity index (χ4n) is 3.23. The Morgan fingerprint density at radius 3 is 2.76 bits per heavy atom. The van der Waals surface area contributed by atoms with Gasteiger partial charge in [-0.2, -0.15) is 5.10 Å². The quantitative estimate of drug-likeness (QED) is 0.282.